The van der Waals surface area contributed by atoms with E-state index in [-0.39, 0.29) is 5.69 Å². The first-order valence-corrected chi connectivity index (χ1v) is 7.37. The maximum atomic E-state index is 11.1. The summed E-state index contributed by atoms with van der Waals surface area (Å²) in [5.41, 5.74) is 6.62. The van der Waals surface area contributed by atoms with Crippen molar-refractivity contribution >= 4 is 5.69 Å². The molecule has 6 heteroatoms. The van der Waals surface area contributed by atoms with Crippen LogP contribution in [0.1, 0.15) is 24.8 Å². The van der Waals surface area contributed by atoms with Gasteiger partial charge in [0.15, 0.2) is 5.75 Å². The number of piperidine rings is 1. The van der Waals surface area contributed by atoms with Crippen molar-refractivity contribution in [3.8, 4) is 5.75 Å². The molecule has 1 aromatic rings. The Bertz CT molecular complexity index is 491. The molecule has 1 aliphatic heterocycles. The number of rotatable bonds is 6. The molecule has 1 unspecified atom stereocenters. The number of hydrogen-bond donors (Lipinski definition) is 1. The van der Waals surface area contributed by atoms with Gasteiger partial charge < -0.3 is 10.5 Å². The summed E-state index contributed by atoms with van der Waals surface area (Å²) in [5.74, 6) is 0.959. The Balaban J connectivity index is 2.05. The second-order valence-corrected chi connectivity index (χ2v) is 5.58. The Morgan fingerprint density at radius 3 is 3.00 bits per heavy atom. The third-order valence-electron chi connectivity index (χ3n) is 4.02. The molecule has 1 heterocycles. The van der Waals surface area contributed by atoms with Gasteiger partial charge in [-0.15, -0.1) is 0 Å². The van der Waals surface area contributed by atoms with Gasteiger partial charge in [0, 0.05) is 19.2 Å². The number of likely N-dealkylation sites (tertiary alicyclic amines) is 1. The molecule has 1 fully saturated rings. The first-order chi connectivity index (χ1) is 10.1. The van der Waals surface area contributed by atoms with Crippen molar-refractivity contribution in [2.75, 3.05) is 26.7 Å². The van der Waals surface area contributed by atoms with Gasteiger partial charge in [-0.05, 0) is 49.9 Å². The minimum atomic E-state index is -0.393. The largest absolute Gasteiger partial charge is 0.490 e. The lowest BCUT2D eigenvalue weighted by molar-refractivity contribution is -0.385. The van der Waals surface area contributed by atoms with E-state index in [9.17, 15) is 10.1 Å². The van der Waals surface area contributed by atoms with Gasteiger partial charge in [-0.3, -0.25) is 15.0 Å². The van der Waals surface area contributed by atoms with E-state index >= 15 is 0 Å². The average Bonchev–Trinajstić information content (AvgIpc) is 2.48. The zero-order valence-corrected chi connectivity index (χ0v) is 12.5. The first kappa shape index (κ1) is 15.7. The van der Waals surface area contributed by atoms with E-state index in [0.717, 1.165) is 38.2 Å². The van der Waals surface area contributed by atoms with E-state index in [2.05, 4.69) is 4.90 Å². The smallest absolute Gasteiger partial charge is 0.311 e. The molecule has 2 rings (SSSR count). The zero-order chi connectivity index (χ0) is 15.2. The van der Waals surface area contributed by atoms with Crippen LogP contribution in [0, 0.1) is 16.0 Å². The van der Waals surface area contributed by atoms with Crippen LogP contribution in [-0.4, -0.2) is 36.6 Å². The van der Waals surface area contributed by atoms with E-state index in [4.69, 9.17) is 10.5 Å². The molecule has 0 saturated carbocycles. The minimum absolute atomic E-state index is 0.0329. The highest BCUT2D eigenvalue weighted by Crippen LogP contribution is 2.29. The van der Waals surface area contributed by atoms with Crippen LogP contribution in [0.25, 0.3) is 0 Å². The van der Waals surface area contributed by atoms with Crippen molar-refractivity contribution in [2.45, 2.75) is 25.8 Å². The monoisotopic (exact) mass is 293 g/mol. The molecule has 1 aliphatic rings. The SMILES string of the molecule is COc1ccc(CN2CCCC(CCN)C2)cc1[N+](=O)[O-]. The summed E-state index contributed by atoms with van der Waals surface area (Å²) in [6.07, 6.45) is 3.46. The summed E-state index contributed by atoms with van der Waals surface area (Å²) in [6.45, 7) is 3.54. The first-order valence-electron chi connectivity index (χ1n) is 7.37. The standard InChI is InChI=1S/C15H23N3O3/c1-21-15-5-4-13(9-14(15)18(19)20)11-17-8-2-3-12(10-17)6-7-16/h4-5,9,12H,2-3,6-8,10-11,16H2,1H3. The fourth-order valence-corrected chi connectivity index (χ4v) is 3.00. The van der Waals surface area contributed by atoms with Crippen molar-refractivity contribution < 1.29 is 9.66 Å². The lowest BCUT2D eigenvalue weighted by Gasteiger charge is -2.32. The quantitative estimate of drug-likeness (QED) is 0.642. The van der Waals surface area contributed by atoms with E-state index in [0.29, 0.717) is 11.7 Å². The number of nitro benzene ring substituents is 1. The maximum absolute atomic E-state index is 11.1. The lowest BCUT2D eigenvalue weighted by atomic mass is 9.94. The predicted molar refractivity (Wildman–Crippen MR) is 81.3 cm³/mol. The van der Waals surface area contributed by atoms with Crippen molar-refractivity contribution in [2.24, 2.45) is 11.7 Å². The molecule has 6 nitrogen and oxygen atoms in total. The molecule has 0 aromatic heterocycles. The van der Waals surface area contributed by atoms with Crippen molar-refractivity contribution in [1.82, 2.24) is 4.90 Å². The summed E-state index contributed by atoms with van der Waals surface area (Å²) in [7, 11) is 1.45. The highest BCUT2D eigenvalue weighted by Gasteiger charge is 2.21. The number of benzene rings is 1. The fourth-order valence-electron chi connectivity index (χ4n) is 3.00. The topological polar surface area (TPSA) is 81.6 Å². The third kappa shape index (κ3) is 4.15. The number of nitrogens with two attached hydrogens (primary N) is 1. The Morgan fingerprint density at radius 1 is 1.52 bits per heavy atom. The van der Waals surface area contributed by atoms with Gasteiger partial charge in [0.05, 0.1) is 12.0 Å². The van der Waals surface area contributed by atoms with Crippen LogP contribution in [0.15, 0.2) is 18.2 Å². The van der Waals surface area contributed by atoms with Crippen LogP contribution >= 0.6 is 0 Å². The molecule has 116 valence electrons. The van der Waals surface area contributed by atoms with Gasteiger partial charge >= 0.3 is 5.69 Å². The van der Waals surface area contributed by atoms with Gasteiger partial charge in [-0.1, -0.05) is 6.07 Å². The molecule has 0 amide bonds. The van der Waals surface area contributed by atoms with Crippen molar-refractivity contribution in [3.63, 3.8) is 0 Å². The summed E-state index contributed by atoms with van der Waals surface area (Å²) in [5, 5.41) is 11.1. The fraction of sp³-hybridized carbons (Fsp3) is 0.600. The van der Waals surface area contributed by atoms with Crippen molar-refractivity contribution in [1.29, 1.82) is 0 Å². The molecule has 0 aliphatic carbocycles. The third-order valence-corrected chi connectivity index (χ3v) is 4.02. The van der Waals surface area contributed by atoms with E-state index in [1.165, 1.54) is 20.0 Å². The van der Waals surface area contributed by atoms with Crippen LogP contribution in [0.2, 0.25) is 0 Å². The normalized spacial score (nSPS) is 19.4. The lowest BCUT2D eigenvalue weighted by Crippen LogP contribution is -2.35. The Labute approximate surface area is 125 Å². The number of nitrogens with zero attached hydrogens (tertiary/aromatic N) is 2. The summed E-state index contributed by atoms with van der Waals surface area (Å²) < 4.78 is 5.03. The number of ether oxygens (including phenoxy) is 1. The Hall–Kier alpha value is -1.66. The second kappa shape index (κ2) is 7.38. The van der Waals surface area contributed by atoms with Gasteiger partial charge in [0.1, 0.15) is 0 Å². The molecule has 1 atom stereocenters. The minimum Gasteiger partial charge on any atom is -0.490 e. The zero-order valence-electron chi connectivity index (χ0n) is 12.5. The van der Waals surface area contributed by atoms with E-state index in [1.54, 1.807) is 12.1 Å². The summed E-state index contributed by atoms with van der Waals surface area (Å²) >= 11 is 0. The van der Waals surface area contributed by atoms with Crippen LogP contribution in [0.5, 0.6) is 5.75 Å². The van der Waals surface area contributed by atoms with Crippen LogP contribution in [0.3, 0.4) is 0 Å². The molecule has 0 bridgehead atoms. The molecule has 1 saturated heterocycles. The Morgan fingerprint density at radius 2 is 2.33 bits per heavy atom. The summed E-state index contributed by atoms with van der Waals surface area (Å²) in [6, 6.07) is 5.19. The highest BCUT2D eigenvalue weighted by molar-refractivity contribution is 5.48. The van der Waals surface area contributed by atoms with Gasteiger partial charge in [0.2, 0.25) is 0 Å². The van der Waals surface area contributed by atoms with Gasteiger partial charge in [0.25, 0.3) is 0 Å². The molecular weight excluding hydrogens is 270 g/mol. The highest BCUT2D eigenvalue weighted by atomic mass is 16.6. The van der Waals surface area contributed by atoms with Gasteiger partial charge in [-0.2, -0.15) is 0 Å². The molecule has 0 radical (unpaired) electrons. The van der Waals surface area contributed by atoms with E-state index < -0.39 is 4.92 Å². The van der Waals surface area contributed by atoms with Crippen LogP contribution in [0.4, 0.5) is 5.69 Å². The molecule has 0 spiro atoms. The average molecular weight is 293 g/mol. The Kier molecular flexibility index (Phi) is 5.52. The van der Waals surface area contributed by atoms with Crippen LogP contribution < -0.4 is 10.5 Å². The van der Waals surface area contributed by atoms with E-state index in [1.807, 2.05) is 6.07 Å². The van der Waals surface area contributed by atoms with Crippen LogP contribution in [-0.2, 0) is 6.54 Å². The molecule has 21 heavy (non-hydrogen) atoms. The number of hydrogen-bond acceptors (Lipinski definition) is 5. The van der Waals surface area contributed by atoms with Gasteiger partial charge in [-0.25, -0.2) is 0 Å². The molecular formula is C15H23N3O3. The second-order valence-electron chi connectivity index (χ2n) is 5.58. The summed E-state index contributed by atoms with van der Waals surface area (Å²) in [4.78, 5) is 13.0. The molecule has 2 N–H and O–H groups in total. The maximum Gasteiger partial charge on any atom is 0.311 e. The number of methoxy groups -OCH3 is 1. The predicted octanol–water partition coefficient (Wildman–Crippen LogP) is 2.16. The molecule has 1 aromatic carbocycles. The number of nitro groups is 1. The van der Waals surface area contributed by atoms with Crippen molar-refractivity contribution in [3.05, 3.63) is 33.9 Å².